The van der Waals surface area contributed by atoms with Gasteiger partial charge in [0.1, 0.15) is 6.42 Å². The topological polar surface area (TPSA) is 137 Å². The summed E-state index contributed by atoms with van der Waals surface area (Å²) in [7, 11) is 4.77. The van der Waals surface area contributed by atoms with Crippen LogP contribution in [0.4, 0.5) is 4.79 Å². The van der Waals surface area contributed by atoms with Crippen LogP contribution in [0.15, 0.2) is 15.9 Å². The molecule has 3 rings (SSSR count). The number of hydrogen-bond donors (Lipinski definition) is 2. The number of nitrogens with one attached hydrogen (secondary N) is 2. The van der Waals surface area contributed by atoms with Gasteiger partial charge in [-0.15, -0.1) is 0 Å². The minimum atomic E-state index is -0.740. The van der Waals surface area contributed by atoms with Crippen molar-refractivity contribution in [3.05, 3.63) is 27.2 Å². The zero-order valence-corrected chi connectivity index (χ0v) is 12.6. The van der Waals surface area contributed by atoms with Crippen molar-refractivity contribution in [2.45, 2.75) is 6.42 Å². The molecule has 2 aromatic rings. The van der Waals surface area contributed by atoms with Gasteiger partial charge in [0, 0.05) is 21.1 Å². The van der Waals surface area contributed by atoms with Gasteiger partial charge in [-0.2, -0.15) is 0 Å². The number of urea groups is 1. The standard InChI is InChI=1S/C8H10N4O2.C4H4N2O3/c1-10-4-9-6-5(10)7(13)12(3)8(14)11(6)2;7-2-1-3(8)6-4(9)5-2/h4H,1-3H3;1H2,(H2,5,6,7,8,9). The quantitative estimate of drug-likeness (QED) is 0.524. The number of amides is 4. The highest BCUT2D eigenvalue weighted by atomic mass is 16.2. The third kappa shape index (κ3) is 3.02. The lowest BCUT2D eigenvalue weighted by molar-refractivity contribution is -0.129. The van der Waals surface area contributed by atoms with E-state index in [4.69, 9.17) is 0 Å². The predicted octanol–water partition coefficient (Wildman–Crippen LogP) is -2.29. The van der Waals surface area contributed by atoms with E-state index in [1.54, 1.807) is 18.7 Å². The average Bonchev–Trinajstić information content (AvgIpc) is 2.84. The Labute approximate surface area is 128 Å². The van der Waals surface area contributed by atoms with Crippen molar-refractivity contribution in [3.8, 4) is 0 Å². The Hall–Kier alpha value is -3.24. The average molecular weight is 322 g/mol. The molecule has 1 aliphatic heterocycles. The summed E-state index contributed by atoms with van der Waals surface area (Å²) in [4.78, 5) is 58.0. The maximum atomic E-state index is 11.7. The fourth-order valence-corrected chi connectivity index (χ4v) is 1.99. The largest absolute Gasteiger partial charge is 0.332 e. The van der Waals surface area contributed by atoms with Gasteiger partial charge in [-0.05, 0) is 0 Å². The van der Waals surface area contributed by atoms with Gasteiger partial charge in [0.05, 0.1) is 6.33 Å². The van der Waals surface area contributed by atoms with E-state index in [2.05, 4.69) is 4.98 Å². The summed E-state index contributed by atoms with van der Waals surface area (Å²) in [6.45, 7) is 0. The summed E-state index contributed by atoms with van der Waals surface area (Å²) in [5.41, 5.74) is 0.180. The number of aromatic nitrogens is 4. The monoisotopic (exact) mass is 322 g/mol. The predicted molar refractivity (Wildman–Crippen MR) is 77.5 cm³/mol. The maximum absolute atomic E-state index is 11.7. The molecule has 0 atom stereocenters. The minimum Gasteiger partial charge on any atom is -0.328 e. The summed E-state index contributed by atoms with van der Waals surface area (Å²) in [5.74, 6) is -1.10. The van der Waals surface area contributed by atoms with Crippen molar-refractivity contribution >= 4 is 29.0 Å². The number of carbonyl (C=O) groups excluding carboxylic acids is 3. The van der Waals surface area contributed by atoms with Crippen LogP contribution >= 0.6 is 0 Å². The number of barbiturate groups is 1. The van der Waals surface area contributed by atoms with Crippen molar-refractivity contribution in [1.29, 1.82) is 0 Å². The number of aryl methyl sites for hydroxylation is 2. The minimum absolute atomic E-state index is 0.258. The Morgan fingerprint density at radius 2 is 1.52 bits per heavy atom. The smallest absolute Gasteiger partial charge is 0.328 e. The number of imidazole rings is 1. The normalized spacial score (nSPS) is 14.1. The van der Waals surface area contributed by atoms with Gasteiger partial charge < -0.3 is 4.57 Å². The van der Waals surface area contributed by atoms with E-state index in [9.17, 15) is 24.0 Å². The molecular weight excluding hydrogens is 308 g/mol. The zero-order valence-electron chi connectivity index (χ0n) is 12.6. The SMILES string of the molecule is Cn1c(=O)c2c(ncn2C)n(C)c1=O.O=C1CC(=O)NC(=O)N1. The second-order valence-corrected chi connectivity index (χ2v) is 4.84. The van der Waals surface area contributed by atoms with Crippen LogP contribution in [-0.2, 0) is 30.7 Å². The first-order chi connectivity index (χ1) is 10.7. The Morgan fingerprint density at radius 3 is 2.04 bits per heavy atom. The van der Waals surface area contributed by atoms with Crippen molar-refractivity contribution in [3.63, 3.8) is 0 Å². The van der Waals surface area contributed by atoms with Gasteiger partial charge in [-0.3, -0.25) is 34.2 Å². The Bertz CT molecular complexity index is 889. The third-order valence-corrected chi connectivity index (χ3v) is 3.14. The van der Waals surface area contributed by atoms with E-state index in [0.29, 0.717) is 11.2 Å². The van der Waals surface area contributed by atoms with Crippen LogP contribution in [0.25, 0.3) is 11.2 Å². The number of fused-ring (bicyclic) bond motifs is 1. The lowest BCUT2D eigenvalue weighted by Gasteiger charge is -2.09. The summed E-state index contributed by atoms with van der Waals surface area (Å²) in [6.07, 6.45) is 1.26. The maximum Gasteiger partial charge on any atom is 0.332 e. The molecular formula is C12H14N6O5. The molecule has 11 nitrogen and oxygen atoms in total. The van der Waals surface area contributed by atoms with Crippen molar-refractivity contribution in [1.82, 2.24) is 29.3 Å². The second-order valence-electron chi connectivity index (χ2n) is 4.84. The summed E-state index contributed by atoms with van der Waals surface area (Å²) >= 11 is 0. The van der Waals surface area contributed by atoms with Crippen LogP contribution in [0.2, 0.25) is 0 Å². The van der Waals surface area contributed by atoms with Gasteiger partial charge >= 0.3 is 11.7 Å². The van der Waals surface area contributed by atoms with Gasteiger partial charge in [-0.1, -0.05) is 0 Å². The summed E-state index contributed by atoms with van der Waals surface area (Å²) in [6, 6.07) is -0.740. The highest BCUT2D eigenvalue weighted by molar-refractivity contribution is 6.14. The number of rotatable bonds is 0. The van der Waals surface area contributed by atoms with Crippen LogP contribution in [0, 0.1) is 0 Å². The molecule has 0 radical (unpaired) electrons. The van der Waals surface area contributed by atoms with E-state index in [0.717, 1.165) is 4.57 Å². The molecule has 11 heteroatoms. The molecule has 4 amide bonds. The lowest BCUT2D eigenvalue weighted by atomic mass is 10.3. The second kappa shape index (κ2) is 5.87. The molecule has 0 spiro atoms. The zero-order chi connectivity index (χ0) is 17.3. The van der Waals surface area contributed by atoms with E-state index in [1.807, 2.05) is 10.6 Å². The van der Waals surface area contributed by atoms with Crippen molar-refractivity contribution < 1.29 is 14.4 Å². The molecule has 122 valence electrons. The van der Waals surface area contributed by atoms with Crippen LogP contribution < -0.4 is 21.9 Å². The van der Waals surface area contributed by atoms with Gasteiger partial charge in [0.2, 0.25) is 11.8 Å². The lowest BCUT2D eigenvalue weighted by Crippen LogP contribution is -2.49. The van der Waals surface area contributed by atoms with Crippen molar-refractivity contribution in [2.24, 2.45) is 21.1 Å². The highest BCUT2D eigenvalue weighted by Gasteiger charge is 2.20. The van der Waals surface area contributed by atoms with E-state index in [1.165, 1.54) is 17.9 Å². The highest BCUT2D eigenvalue weighted by Crippen LogP contribution is 2.01. The summed E-state index contributed by atoms with van der Waals surface area (Å²) in [5, 5.41) is 3.80. The molecule has 0 aromatic carbocycles. The molecule has 0 saturated carbocycles. The van der Waals surface area contributed by atoms with Crippen LogP contribution in [0.1, 0.15) is 6.42 Å². The number of hydrogen-bond acceptors (Lipinski definition) is 6. The van der Waals surface area contributed by atoms with Crippen molar-refractivity contribution in [2.75, 3.05) is 0 Å². The third-order valence-electron chi connectivity index (χ3n) is 3.14. The number of imide groups is 2. The molecule has 0 unspecified atom stereocenters. The Kier molecular flexibility index (Phi) is 4.12. The van der Waals surface area contributed by atoms with Crippen LogP contribution in [0.3, 0.4) is 0 Å². The fraction of sp³-hybridized carbons (Fsp3) is 0.333. The molecule has 2 aromatic heterocycles. The molecule has 3 heterocycles. The first-order valence-corrected chi connectivity index (χ1v) is 6.43. The fourth-order valence-electron chi connectivity index (χ4n) is 1.99. The number of nitrogens with zero attached hydrogens (tertiary/aromatic N) is 4. The first-order valence-electron chi connectivity index (χ1n) is 6.43. The summed E-state index contributed by atoms with van der Waals surface area (Å²) < 4.78 is 4.04. The van der Waals surface area contributed by atoms with Gasteiger partial charge in [0.25, 0.3) is 5.56 Å². The number of carbonyl (C=O) groups is 3. The molecule has 0 bridgehead atoms. The molecule has 1 saturated heterocycles. The van der Waals surface area contributed by atoms with Crippen LogP contribution in [0.5, 0.6) is 0 Å². The molecule has 1 fully saturated rings. The molecule has 0 aliphatic carbocycles. The molecule has 23 heavy (non-hydrogen) atoms. The van der Waals surface area contributed by atoms with E-state index < -0.39 is 17.8 Å². The van der Waals surface area contributed by atoms with E-state index >= 15 is 0 Å². The molecule has 2 N–H and O–H groups in total. The Morgan fingerprint density at radius 1 is 0.957 bits per heavy atom. The van der Waals surface area contributed by atoms with Gasteiger partial charge in [0.15, 0.2) is 11.2 Å². The first kappa shape index (κ1) is 16.1. The van der Waals surface area contributed by atoms with E-state index in [-0.39, 0.29) is 17.7 Å². The van der Waals surface area contributed by atoms with Gasteiger partial charge in [-0.25, -0.2) is 14.6 Å². The molecule has 1 aliphatic rings. The Balaban J connectivity index is 0.000000185. The van der Waals surface area contributed by atoms with Crippen LogP contribution in [-0.4, -0.2) is 36.5 Å².